The lowest BCUT2D eigenvalue weighted by molar-refractivity contribution is -0.137. The highest BCUT2D eigenvalue weighted by molar-refractivity contribution is 7.15. The van der Waals surface area contributed by atoms with Crippen LogP contribution in [0.4, 0.5) is 18.3 Å². The standard InChI is InChI=1S/C15H13ClF3N3OS/c1-8(2)13-21-22-14(24-13)20-12(23)6-4-9-3-5-11(16)10(7-9)15(17,18)19/h3-8H,1-2H3,(H,20,22,23). The molecule has 0 unspecified atom stereocenters. The molecule has 24 heavy (non-hydrogen) atoms. The number of hydrogen-bond acceptors (Lipinski definition) is 4. The van der Waals surface area contributed by atoms with E-state index < -0.39 is 17.6 Å². The lowest BCUT2D eigenvalue weighted by atomic mass is 10.1. The minimum atomic E-state index is -4.55. The van der Waals surface area contributed by atoms with Crippen LogP contribution in [0.25, 0.3) is 6.08 Å². The second-order valence-electron chi connectivity index (χ2n) is 5.16. The summed E-state index contributed by atoms with van der Waals surface area (Å²) < 4.78 is 38.3. The van der Waals surface area contributed by atoms with E-state index in [2.05, 4.69) is 15.5 Å². The van der Waals surface area contributed by atoms with E-state index in [-0.39, 0.29) is 16.5 Å². The molecule has 1 amide bonds. The molecule has 2 rings (SSSR count). The monoisotopic (exact) mass is 375 g/mol. The maximum Gasteiger partial charge on any atom is 0.417 e. The molecule has 0 fully saturated rings. The van der Waals surface area contributed by atoms with Gasteiger partial charge in [-0.2, -0.15) is 13.2 Å². The van der Waals surface area contributed by atoms with Crippen LogP contribution in [0.3, 0.4) is 0 Å². The fourth-order valence-electron chi connectivity index (χ4n) is 1.70. The van der Waals surface area contributed by atoms with Gasteiger partial charge in [-0.05, 0) is 23.8 Å². The van der Waals surface area contributed by atoms with E-state index in [1.165, 1.54) is 23.5 Å². The van der Waals surface area contributed by atoms with Crippen LogP contribution >= 0.6 is 22.9 Å². The molecule has 2 aromatic rings. The second-order valence-corrected chi connectivity index (χ2v) is 6.58. The molecule has 0 bridgehead atoms. The van der Waals surface area contributed by atoms with Crippen LogP contribution in [0.1, 0.15) is 35.9 Å². The van der Waals surface area contributed by atoms with Crippen molar-refractivity contribution in [1.29, 1.82) is 0 Å². The first-order valence-corrected chi connectivity index (χ1v) is 8.05. The van der Waals surface area contributed by atoms with Gasteiger partial charge in [0.25, 0.3) is 0 Å². The van der Waals surface area contributed by atoms with E-state index in [1.54, 1.807) is 0 Å². The van der Waals surface area contributed by atoms with E-state index in [0.29, 0.717) is 5.13 Å². The first kappa shape index (κ1) is 18.4. The van der Waals surface area contributed by atoms with Crippen LogP contribution in [0.5, 0.6) is 0 Å². The molecule has 0 saturated heterocycles. The van der Waals surface area contributed by atoms with Gasteiger partial charge in [0.15, 0.2) is 0 Å². The molecule has 1 N–H and O–H groups in total. The molecule has 0 aliphatic rings. The molecule has 0 spiro atoms. The van der Waals surface area contributed by atoms with E-state index in [9.17, 15) is 18.0 Å². The fourth-order valence-corrected chi connectivity index (χ4v) is 2.67. The van der Waals surface area contributed by atoms with Crippen molar-refractivity contribution in [2.75, 3.05) is 5.32 Å². The van der Waals surface area contributed by atoms with Gasteiger partial charge in [-0.3, -0.25) is 10.1 Å². The normalized spacial score (nSPS) is 12.1. The first-order valence-electron chi connectivity index (χ1n) is 6.86. The number of alkyl halides is 3. The molecule has 1 heterocycles. The second kappa shape index (κ2) is 7.31. The van der Waals surface area contributed by atoms with Gasteiger partial charge in [-0.1, -0.05) is 42.9 Å². The third-order valence-electron chi connectivity index (χ3n) is 2.89. The average Bonchev–Trinajstić information content (AvgIpc) is 2.94. The number of amides is 1. The Balaban J connectivity index is 2.08. The molecular weight excluding hydrogens is 363 g/mol. The summed E-state index contributed by atoms with van der Waals surface area (Å²) >= 11 is 6.79. The number of rotatable bonds is 4. The number of benzene rings is 1. The maximum absolute atomic E-state index is 12.8. The Kier molecular flexibility index (Phi) is 5.61. The van der Waals surface area contributed by atoms with Crippen molar-refractivity contribution in [2.24, 2.45) is 0 Å². The SMILES string of the molecule is CC(C)c1nnc(NC(=O)C=Cc2ccc(Cl)c(C(F)(F)F)c2)s1. The Labute approximate surface area is 145 Å². The minimum Gasteiger partial charge on any atom is -0.297 e. The van der Waals surface area contributed by atoms with Crippen LogP contribution in [0, 0.1) is 0 Å². The quantitative estimate of drug-likeness (QED) is 0.766. The number of halogens is 4. The topological polar surface area (TPSA) is 54.9 Å². The van der Waals surface area contributed by atoms with E-state index in [0.717, 1.165) is 23.2 Å². The Morgan fingerprint density at radius 3 is 2.62 bits per heavy atom. The van der Waals surface area contributed by atoms with Gasteiger partial charge in [-0.15, -0.1) is 10.2 Å². The molecule has 0 aliphatic heterocycles. The third kappa shape index (κ3) is 4.78. The number of nitrogens with zero attached hydrogens (tertiary/aromatic N) is 2. The summed E-state index contributed by atoms with van der Waals surface area (Å²) in [5.41, 5.74) is -0.737. The number of hydrogen-bond donors (Lipinski definition) is 1. The predicted molar refractivity (Wildman–Crippen MR) is 88.1 cm³/mol. The summed E-state index contributed by atoms with van der Waals surface area (Å²) in [5, 5.41) is 11.0. The van der Waals surface area contributed by atoms with Crippen molar-refractivity contribution < 1.29 is 18.0 Å². The van der Waals surface area contributed by atoms with Gasteiger partial charge < -0.3 is 0 Å². The summed E-state index contributed by atoms with van der Waals surface area (Å²) in [6.07, 6.45) is -2.16. The van der Waals surface area contributed by atoms with E-state index >= 15 is 0 Å². The van der Waals surface area contributed by atoms with Gasteiger partial charge in [0, 0.05) is 12.0 Å². The van der Waals surface area contributed by atoms with Gasteiger partial charge in [0.05, 0.1) is 10.6 Å². The average molecular weight is 376 g/mol. The van der Waals surface area contributed by atoms with Crippen molar-refractivity contribution in [3.8, 4) is 0 Å². The zero-order valence-electron chi connectivity index (χ0n) is 12.7. The van der Waals surface area contributed by atoms with Gasteiger partial charge >= 0.3 is 6.18 Å². The summed E-state index contributed by atoms with van der Waals surface area (Å²) in [6, 6.07) is 3.42. The molecule has 0 saturated carbocycles. The maximum atomic E-state index is 12.8. The van der Waals surface area contributed by atoms with Crippen LogP contribution in [-0.2, 0) is 11.0 Å². The molecule has 0 radical (unpaired) electrons. The lowest BCUT2D eigenvalue weighted by Gasteiger charge is -2.09. The van der Waals surface area contributed by atoms with Gasteiger partial charge in [0.2, 0.25) is 11.0 Å². The zero-order valence-corrected chi connectivity index (χ0v) is 14.3. The summed E-state index contributed by atoms with van der Waals surface area (Å²) in [6.45, 7) is 3.90. The van der Waals surface area contributed by atoms with Gasteiger partial charge in [0.1, 0.15) is 5.01 Å². The number of nitrogens with one attached hydrogen (secondary N) is 1. The molecule has 1 aromatic heterocycles. The molecule has 1 aromatic carbocycles. The number of carbonyl (C=O) groups is 1. The first-order chi connectivity index (χ1) is 11.2. The Morgan fingerprint density at radius 2 is 2.04 bits per heavy atom. The van der Waals surface area contributed by atoms with Crippen molar-refractivity contribution in [3.05, 3.63) is 45.4 Å². The summed E-state index contributed by atoms with van der Waals surface area (Å²) in [7, 11) is 0. The van der Waals surface area contributed by atoms with Crippen molar-refractivity contribution in [1.82, 2.24) is 10.2 Å². The largest absolute Gasteiger partial charge is 0.417 e. The molecular formula is C15H13ClF3N3OS. The highest BCUT2D eigenvalue weighted by Gasteiger charge is 2.33. The van der Waals surface area contributed by atoms with Crippen molar-refractivity contribution in [3.63, 3.8) is 0 Å². The third-order valence-corrected chi connectivity index (χ3v) is 4.36. The van der Waals surface area contributed by atoms with Crippen LogP contribution < -0.4 is 5.32 Å². The lowest BCUT2D eigenvalue weighted by Crippen LogP contribution is -2.08. The number of anilines is 1. The smallest absolute Gasteiger partial charge is 0.297 e. The van der Waals surface area contributed by atoms with Crippen molar-refractivity contribution >= 4 is 40.1 Å². The van der Waals surface area contributed by atoms with Gasteiger partial charge in [-0.25, -0.2) is 0 Å². The Bertz CT molecular complexity index is 772. The summed E-state index contributed by atoms with van der Waals surface area (Å²) in [5.74, 6) is -0.316. The van der Waals surface area contributed by atoms with Crippen LogP contribution in [0.15, 0.2) is 24.3 Å². The van der Waals surface area contributed by atoms with Crippen LogP contribution in [0.2, 0.25) is 5.02 Å². The Hall–Kier alpha value is -1.93. The zero-order chi connectivity index (χ0) is 17.9. The Morgan fingerprint density at radius 1 is 1.33 bits per heavy atom. The predicted octanol–water partition coefficient (Wildman–Crippen LogP) is 4.99. The highest BCUT2D eigenvalue weighted by atomic mass is 35.5. The fraction of sp³-hybridized carbons (Fsp3) is 0.267. The number of carbonyl (C=O) groups excluding carboxylic acids is 1. The van der Waals surface area contributed by atoms with E-state index in [1.807, 2.05) is 13.8 Å². The minimum absolute atomic E-state index is 0.193. The molecule has 9 heteroatoms. The van der Waals surface area contributed by atoms with Crippen molar-refractivity contribution in [2.45, 2.75) is 25.9 Å². The van der Waals surface area contributed by atoms with Crippen LogP contribution in [-0.4, -0.2) is 16.1 Å². The summed E-state index contributed by atoms with van der Waals surface area (Å²) in [4.78, 5) is 11.8. The number of aromatic nitrogens is 2. The highest BCUT2D eigenvalue weighted by Crippen LogP contribution is 2.35. The molecule has 4 nitrogen and oxygen atoms in total. The molecule has 0 aliphatic carbocycles. The molecule has 0 atom stereocenters. The van der Waals surface area contributed by atoms with E-state index in [4.69, 9.17) is 11.6 Å². The molecule has 128 valence electrons.